The Balaban J connectivity index is 1.29. The lowest BCUT2D eigenvalue weighted by molar-refractivity contribution is 0.104. The predicted molar refractivity (Wildman–Crippen MR) is 199 cm³/mol. The van der Waals surface area contributed by atoms with E-state index in [0.29, 0.717) is 22.7 Å². The quantitative estimate of drug-likeness (QED) is 0.118. The van der Waals surface area contributed by atoms with Crippen molar-refractivity contribution in [1.29, 1.82) is 0 Å². The third kappa shape index (κ3) is 5.57. The fraction of sp³-hybridized carbons (Fsp3) is 0. The summed E-state index contributed by atoms with van der Waals surface area (Å²) in [5.41, 5.74) is -0.450. The van der Waals surface area contributed by atoms with Gasteiger partial charge in [-0.05, 0) is 78.9 Å². The Morgan fingerprint density at radius 1 is 0.404 bits per heavy atom. The maximum atomic E-state index is 14.3. The van der Waals surface area contributed by atoms with E-state index in [2.05, 4.69) is 20.5 Å². The number of rotatable bonds is 8. The zero-order valence-corrected chi connectivity index (χ0v) is 27.1. The van der Waals surface area contributed by atoms with Crippen molar-refractivity contribution in [2.45, 2.75) is 0 Å². The van der Waals surface area contributed by atoms with Crippen molar-refractivity contribution in [1.82, 2.24) is 9.13 Å². The number of hydrogen-bond donors (Lipinski definition) is 0. The fourth-order valence-electron chi connectivity index (χ4n) is 6.10. The van der Waals surface area contributed by atoms with E-state index in [-0.39, 0.29) is 44.0 Å². The first-order valence-electron chi connectivity index (χ1n) is 16.1. The van der Waals surface area contributed by atoms with Gasteiger partial charge in [0.05, 0.1) is 55.7 Å². The van der Waals surface area contributed by atoms with Crippen LogP contribution in [0.15, 0.2) is 185 Å². The van der Waals surface area contributed by atoms with Crippen LogP contribution in [0.3, 0.4) is 0 Å². The summed E-state index contributed by atoms with van der Waals surface area (Å²) in [5, 5.41) is 15.9. The molecule has 0 amide bonds. The highest BCUT2D eigenvalue weighted by Crippen LogP contribution is 2.27. The lowest BCUT2D eigenvalue weighted by atomic mass is 9.96. The van der Waals surface area contributed by atoms with Gasteiger partial charge in [0, 0.05) is 11.1 Å². The third-order valence-electron chi connectivity index (χ3n) is 8.58. The Hall–Kier alpha value is -7.53. The molecule has 0 aliphatic carbocycles. The normalized spacial score (nSPS) is 11.7. The van der Waals surface area contributed by atoms with E-state index in [1.807, 2.05) is 36.4 Å². The lowest BCUT2D eigenvalue weighted by Gasteiger charge is -2.03. The number of benzene rings is 6. The number of hydrogen-bond acceptors (Lipinski definition) is 9. The first-order chi connectivity index (χ1) is 25.4. The van der Waals surface area contributed by atoms with Gasteiger partial charge in [0.1, 0.15) is 0 Å². The van der Waals surface area contributed by atoms with E-state index < -0.39 is 28.0 Å². The van der Waals surface area contributed by atoms with E-state index >= 15 is 0 Å². The summed E-state index contributed by atoms with van der Waals surface area (Å²) in [7, 11) is 0. The second-order valence-electron chi connectivity index (χ2n) is 11.8. The van der Waals surface area contributed by atoms with Gasteiger partial charge in [-0.2, -0.15) is 20.5 Å². The number of carbonyl (C=O) groups excluding carboxylic acids is 1. The largest absolute Gasteiger partial charge is 0.289 e. The molecule has 52 heavy (non-hydrogen) atoms. The molecule has 248 valence electrons. The number of azo groups is 2. The molecule has 0 aliphatic heterocycles. The summed E-state index contributed by atoms with van der Waals surface area (Å²) >= 11 is 0. The molecule has 0 unspecified atom stereocenters. The van der Waals surface area contributed by atoms with Crippen LogP contribution in [0.2, 0.25) is 0 Å². The van der Waals surface area contributed by atoms with Crippen LogP contribution in [0.1, 0.15) is 15.9 Å². The SMILES string of the molecule is O=C(c1ccccc1)c1cc2c(=O)n(-c3ccc(N=Nc4ccccc4)cc3)c(=O)c2c2c(=O)n(-c3ccc(N=Nc4ccccc4)cc3)c(=O)c12. The molecule has 6 aromatic carbocycles. The standard InChI is InChI=1S/C41H24N6O5/c48-37(25-10-4-1-5-11-25)32-24-33-35(40(51)46(38(33)49)30-20-16-28(17-21-30)44-42-26-12-6-2-7-13-26)36-34(32)39(50)47(41(36)52)31-22-18-29(19-23-31)45-43-27-14-8-3-9-15-27/h1-24H. The van der Waals surface area contributed by atoms with Crippen LogP contribution in [-0.4, -0.2) is 14.9 Å². The minimum Gasteiger partial charge on any atom is -0.289 e. The van der Waals surface area contributed by atoms with Gasteiger partial charge < -0.3 is 0 Å². The van der Waals surface area contributed by atoms with Gasteiger partial charge in [-0.3, -0.25) is 24.0 Å². The van der Waals surface area contributed by atoms with Gasteiger partial charge in [0.15, 0.2) is 5.78 Å². The molecule has 0 saturated heterocycles. The summed E-state index contributed by atoms with van der Waals surface area (Å²) in [5.74, 6) is -0.578. The van der Waals surface area contributed by atoms with E-state index in [4.69, 9.17) is 0 Å². The average molecular weight is 681 g/mol. The Kier molecular flexibility index (Phi) is 7.97. The monoisotopic (exact) mass is 680 g/mol. The van der Waals surface area contributed by atoms with Gasteiger partial charge >= 0.3 is 0 Å². The molecule has 2 aromatic heterocycles. The molecule has 8 aromatic rings. The minimum absolute atomic E-state index is 0.157. The van der Waals surface area contributed by atoms with Crippen LogP contribution in [-0.2, 0) is 0 Å². The van der Waals surface area contributed by atoms with Crippen molar-refractivity contribution in [3.63, 3.8) is 0 Å². The molecule has 0 fully saturated rings. The Labute approximate surface area is 293 Å². The first kappa shape index (κ1) is 31.7. The van der Waals surface area contributed by atoms with Crippen molar-refractivity contribution in [3.8, 4) is 11.4 Å². The van der Waals surface area contributed by atoms with E-state index in [1.54, 1.807) is 78.9 Å². The highest BCUT2D eigenvalue weighted by Gasteiger charge is 2.28. The summed E-state index contributed by atoms with van der Waals surface area (Å²) in [4.78, 5) is 70.5. The van der Waals surface area contributed by atoms with Crippen LogP contribution in [0, 0.1) is 0 Å². The van der Waals surface area contributed by atoms with Gasteiger partial charge in [0.2, 0.25) is 0 Å². The molecule has 0 atom stereocenters. The number of fused-ring (bicyclic) bond motifs is 3. The van der Waals surface area contributed by atoms with Crippen LogP contribution >= 0.6 is 0 Å². The van der Waals surface area contributed by atoms with Crippen LogP contribution in [0.5, 0.6) is 0 Å². The van der Waals surface area contributed by atoms with E-state index in [1.165, 1.54) is 30.3 Å². The number of ketones is 1. The summed E-state index contributed by atoms with van der Waals surface area (Å²) in [6.45, 7) is 0. The van der Waals surface area contributed by atoms with Gasteiger partial charge in [-0.25, -0.2) is 9.13 Å². The minimum atomic E-state index is -0.836. The Bertz CT molecular complexity index is 2910. The topological polar surface area (TPSA) is 145 Å². The van der Waals surface area contributed by atoms with Crippen LogP contribution in [0.25, 0.3) is 32.9 Å². The zero-order chi connectivity index (χ0) is 35.8. The Morgan fingerprint density at radius 3 is 1.27 bits per heavy atom. The number of aromatic nitrogens is 2. The number of carbonyl (C=O) groups is 1. The molecule has 0 radical (unpaired) electrons. The maximum absolute atomic E-state index is 14.3. The van der Waals surface area contributed by atoms with Crippen LogP contribution in [0.4, 0.5) is 22.7 Å². The predicted octanol–water partition coefficient (Wildman–Crippen LogP) is 7.95. The molecule has 0 saturated carbocycles. The molecule has 11 nitrogen and oxygen atoms in total. The number of nitrogens with zero attached hydrogens (tertiary/aromatic N) is 6. The first-order valence-corrected chi connectivity index (χ1v) is 16.1. The summed E-state index contributed by atoms with van der Waals surface area (Å²) < 4.78 is 1.82. The van der Waals surface area contributed by atoms with E-state index in [0.717, 1.165) is 9.13 Å². The second-order valence-corrected chi connectivity index (χ2v) is 11.8. The smallest absolute Gasteiger partial charge is 0.267 e. The molecule has 11 heteroatoms. The second kappa shape index (κ2) is 13.1. The van der Waals surface area contributed by atoms with Crippen molar-refractivity contribution in [2.24, 2.45) is 20.5 Å². The Morgan fingerprint density at radius 2 is 0.788 bits per heavy atom. The average Bonchev–Trinajstić information content (AvgIpc) is 3.60. The van der Waals surface area contributed by atoms with Gasteiger partial charge in [0.25, 0.3) is 22.2 Å². The van der Waals surface area contributed by atoms with E-state index in [9.17, 15) is 24.0 Å². The zero-order valence-electron chi connectivity index (χ0n) is 27.1. The third-order valence-corrected chi connectivity index (χ3v) is 8.58. The van der Waals surface area contributed by atoms with Crippen molar-refractivity contribution < 1.29 is 4.79 Å². The lowest BCUT2D eigenvalue weighted by Crippen LogP contribution is -2.24. The van der Waals surface area contributed by atoms with Crippen molar-refractivity contribution in [2.75, 3.05) is 0 Å². The molecule has 0 spiro atoms. The maximum Gasteiger partial charge on any atom is 0.267 e. The van der Waals surface area contributed by atoms with Crippen LogP contribution < -0.4 is 22.2 Å². The summed E-state index contributed by atoms with van der Waals surface area (Å²) in [6.07, 6.45) is 0. The van der Waals surface area contributed by atoms with Crippen molar-refractivity contribution in [3.05, 3.63) is 198 Å². The highest BCUT2D eigenvalue weighted by molar-refractivity contribution is 6.22. The molecule has 2 heterocycles. The molecule has 8 rings (SSSR count). The molecule has 0 N–H and O–H groups in total. The molecular weight excluding hydrogens is 656 g/mol. The molecular formula is C41H24N6O5. The molecule has 0 aliphatic rings. The van der Waals surface area contributed by atoms with Gasteiger partial charge in [-0.1, -0.05) is 66.7 Å². The van der Waals surface area contributed by atoms with Crippen molar-refractivity contribution >= 4 is 50.1 Å². The highest BCUT2D eigenvalue weighted by atomic mass is 16.2. The van der Waals surface area contributed by atoms with Gasteiger partial charge in [-0.15, -0.1) is 0 Å². The fourth-order valence-corrected chi connectivity index (χ4v) is 6.10. The molecule has 0 bridgehead atoms. The summed E-state index contributed by atoms with van der Waals surface area (Å²) in [6, 6.07) is 40.2.